The summed E-state index contributed by atoms with van der Waals surface area (Å²) < 4.78 is 40.1. The summed E-state index contributed by atoms with van der Waals surface area (Å²) in [6.45, 7) is 4.51. The lowest BCUT2D eigenvalue weighted by Gasteiger charge is -2.18. The topological polar surface area (TPSA) is 83.8 Å². The highest BCUT2D eigenvalue weighted by Crippen LogP contribution is 2.33. The summed E-state index contributed by atoms with van der Waals surface area (Å²) in [5.74, 6) is 0.379. The molecule has 2 heterocycles. The fourth-order valence-electron chi connectivity index (χ4n) is 3.06. The largest absolute Gasteiger partial charge is 0.416 e. The first-order valence-electron chi connectivity index (χ1n) is 7.90. The van der Waals surface area contributed by atoms with Crippen LogP contribution in [-0.4, -0.2) is 24.9 Å². The Labute approximate surface area is 146 Å². The van der Waals surface area contributed by atoms with Gasteiger partial charge in [-0.25, -0.2) is 9.67 Å². The number of aromatic amines is 1. The Morgan fingerprint density at radius 2 is 2.00 bits per heavy atom. The zero-order valence-corrected chi connectivity index (χ0v) is 14.3. The molecule has 1 unspecified atom stereocenters. The van der Waals surface area contributed by atoms with E-state index in [0.717, 1.165) is 12.1 Å². The van der Waals surface area contributed by atoms with Crippen LogP contribution in [0.15, 0.2) is 23.0 Å². The highest BCUT2D eigenvalue weighted by atomic mass is 19.4. The van der Waals surface area contributed by atoms with E-state index in [2.05, 4.69) is 15.1 Å². The third-order valence-corrected chi connectivity index (χ3v) is 4.32. The monoisotopic (exact) mass is 366 g/mol. The van der Waals surface area contributed by atoms with Crippen molar-refractivity contribution < 1.29 is 18.3 Å². The Kier molecular flexibility index (Phi) is 4.35. The minimum absolute atomic E-state index is 0.171. The number of benzene rings is 1. The number of nitrogens with one attached hydrogen (secondary N) is 1. The molecule has 0 bridgehead atoms. The van der Waals surface area contributed by atoms with Gasteiger partial charge >= 0.3 is 6.18 Å². The normalized spacial score (nSPS) is 13.3. The fraction of sp³-hybridized carbons (Fsp3) is 0.353. The van der Waals surface area contributed by atoms with Crippen LogP contribution in [0.5, 0.6) is 0 Å². The van der Waals surface area contributed by atoms with Gasteiger partial charge in [0.2, 0.25) is 0 Å². The maximum atomic E-state index is 12.9. The molecule has 1 atom stereocenters. The Morgan fingerprint density at radius 1 is 1.31 bits per heavy atom. The molecule has 2 N–H and O–H groups in total. The number of fused-ring (bicyclic) bond motifs is 1. The molecule has 0 spiro atoms. The van der Waals surface area contributed by atoms with Gasteiger partial charge < -0.3 is 10.1 Å². The summed E-state index contributed by atoms with van der Waals surface area (Å²) in [7, 11) is 0. The van der Waals surface area contributed by atoms with Crippen LogP contribution in [0.25, 0.3) is 11.0 Å². The first-order valence-corrected chi connectivity index (χ1v) is 7.90. The lowest BCUT2D eigenvalue weighted by atomic mass is 9.99. The molecule has 0 saturated heterocycles. The highest BCUT2D eigenvalue weighted by Gasteiger charge is 2.31. The summed E-state index contributed by atoms with van der Waals surface area (Å²) in [5, 5.41) is 13.9. The molecule has 26 heavy (non-hydrogen) atoms. The number of aromatic nitrogens is 4. The van der Waals surface area contributed by atoms with Crippen LogP contribution in [0.1, 0.15) is 41.2 Å². The van der Waals surface area contributed by atoms with Gasteiger partial charge in [-0.1, -0.05) is 6.07 Å². The van der Waals surface area contributed by atoms with Crippen molar-refractivity contribution >= 4 is 11.0 Å². The van der Waals surface area contributed by atoms with Crippen LogP contribution in [-0.2, 0) is 12.8 Å². The number of rotatable bonds is 3. The summed E-state index contributed by atoms with van der Waals surface area (Å²) in [4.78, 5) is 19.0. The maximum absolute atomic E-state index is 12.9. The number of aliphatic hydroxyl groups is 1. The van der Waals surface area contributed by atoms with E-state index in [1.54, 1.807) is 20.8 Å². The Morgan fingerprint density at radius 3 is 2.58 bits per heavy atom. The highest BCUT2D eigenvalue weighted by molar-refractivity contribution is 5.77. The van der Waals surface area contributed by atoms with Crippen LogP contribution >= 0.6 is 0 Å². The van der Waals surface area contributed by atoms with Gasteiger partial charge in [0.25, 0.3) is 5.56 Å². The second kappa shape index (κ2) is 6.24. The van der Waals surface area contributed by atoms with Crippen molar-refractivity contribution in [3.63, 3.8) is 0 Å². The number of aryl methyl sites for hydroxylation is 2. The molecule has 138 valence electrons. The molecular formula is C17H17F3N4O2. The van der Waals surface area contributed by atoms with Gasteiger partial charge in [0.1, 0.15) is 16.9 Å². The Hall–Kier alpha value is -2.68. The molecule has 0 aliphatic carbocycles. The number of hydrogen-bond donors (Lipinski definition) is 2. The molecule has 0 aliphatic heterocycles. The van der Waals surface area contributed by atoms with E-state index in [1.807, 2.05) is 0 Å². The predicted molar refractivity (Wildman–Crippen MR) is 88.8 cm³/mol. The lowest BCUT2D eigenvalue weighted by molar-refractivity contribution is -0.137. The van der Waals surface area contributed by atoms with Crippen molar-refractivity contribution in [2.75, 3.05) is 0 Å². The van der Waals surface area contributed by atoms with Gasteiger partial charge in [-0.3, -0.25) is 4.79 Å². The van der Waals surface area contributed by atoms with Crippen molar-refractivity contribution in [1.29, 1.82) is 0 Å². The third-order valence-electron chi connectivity index (χ3n) is 4.32. The van der Waals surface area contributed by atoms with Gasteiger partial charge in [-0.15, -0.1) is 0 Å². The molecule has 0 aliphatic rings. The van der Waals surface area contributed by atoms with Crippen LogP contribution < -0.4 is 5.56 Å². The summed E-state index contributed by atoms with van der Waals surface area (Å²) in [6.07, 6.45) is -4.42. The minimum atomic E-state index is -4.42. The zero-order valence-electron chi connectivity index (χ0n) is 14.3. The Bertz CT molecular complexity index is 1040. The van der Waals surface area contributed by atoms with Crippen molar-refractivity contribution in [2.45, 2.75) is 39.6 Å². The summed E-state index contributed by atoms with van der Waals surface area (Å²) in [6, 6.07) is 3.02. The fourth-order valence-corrected chi connectivity index (χ4v) is 3.06. The second-order valence-electron chi connectivity index (χ2n) is 6.14. The van der Waals surface area contributed by atoms with E-state index in [4.69, 9.17) is 0 Å². The van der Waals surface area contributed by atoms with Crippen molar-refractivity contribution in [3.8, 4) is 0 Å². The van der Waals surface area contributed by atoms with E-state index in [1.165, 1.54) is 10.7 Å². The average molecular weight is 366 g/mol. The van der Waals surface area contributed by atoms with Gasteiger partial charge in [-0.05, 0) is 44.0 Å². The molecular weight excluding hydrogens is 349 g/mol. The number of aliphatic hydroxyl groups excluding tert-OH is 1. The number of hydrogen-bond acceptors (Lipinski definition) is 4. The molecule has 3 rings (SSSR count). The molecule has 1 aromatic carbocycles. The van der Waals surface area contributed by atoms with Gasteiger partial charge in [0, 0.05) is 0 Å². The van der Waals surface area contributed by atoms with Crippen molar-refractivity contribution in [1.82, 2.24) is 19.7 Å². The smallest absolute Gasteiger partial charge is 0.390 e. The molecule has 0 amide bonds. The first-order chi connectivity index (χ1) is 12.1. The average Bonchev–Trinajstić information content (AvgIpc) is 2.92. The van der Waals surface area contributed by atoms with Crippen LogP contribution in [0.3, 0.4) is 0 Å². The zero-order chi connectivity index (χ0) is 19.2. The maximum Gasteiger partial charge on any atom is 0.416 e. The Balaban J connectivity index is 2.17. The minimum Gasteiger partial charge on any atom is -0.390 e. The molecule has 9 heteroatoms. The predicted octanol–water partition coefficient (Wildman–Crippen LogP) is 2.86. The molecule has 3 aromatic rings. The lowest BCUT2D eigenvalue weighted by Crippen LogP contribution is -2.14. The van der Waals surface area contributed by atoms with E-state index >= 15 is 0 Å². The van der Waals surface area contributed by atoms with E-state index < -0.39 is 29.9 Å². The molecule has 0 saturated carbocycles. The first kappa shape index (κ1) is 18.1. The summed E-state index contributed by atoms with van der Waals surface area (Å²) in [5.41, 5.74) is 0.374. The SMILES string of the molecule is Cc1nc2c(c(CO)nn2C(C)c2ccc(C(F)(F)F)cc2C)c(=O)[nH]1. The van der Waals surface area contributed by atoms with Gasteiger partial charge in [-0.2, -0.15) is 18.3 Å². The van der Waals surface area contributed by atoms with Gasteiger partial charge in [0.15, 0.2) is 5.65 Å². The molecule has 2 aromatic heterocycles. The molecule has 6 nitrogen and oxygen atoms in total. The molecule has 0 fully saturated rings. The standard InChI is InChI=1S/C17H17F3N4O2/c1-8-6-11(17(18,19)20)4-5-12(8)9(2)24-15-14(13(7-25)23-24)16(26)22-10(3)21-15/h4-6,9,25H,7H2,1-3H3,(H,21,22,26). The van der Waals surface area contributed by atoms with E-state index in [-0.39, 0.29) is 16.7 Å². The summed E-state index contributed by atoms with van der Waals surface area (Å²) >= 11 is 0. The second-order valence-corrected chi connectivity index (χ2v) is 6.14. The van der Waals surface area contributed by atoms with Crippen molar-refractivity contribution in [2.24, 2.45) is 0 Å². The van der Waals surface area contributed by atoms with Crippen LogP contribution in [0.2, 0.25) is 0 Å². The van der Waals surface area contributed by atoms with Crippen molar-refractivity contribution in [3.05, 3.63) is 56.8 Å². The van der Waals surface area contributed by atoms with Crippen LogP contribution in [0, 0.1) is 13.8 Å². The molecule has 0 radical (unpaired) electrons. The van der Waals surface area contributed by atoms with E-state index in [0.29, 0.717) is 17.0 Å². The van der Waals surface area contributed by atoms with Crippen LogP contribution in [0.4, 0.5) is 13.2 Å². The third kappa shape index (κ3) is 2.98. The quantitative estimate of drug-likeness (QED) is 0.747. The van der Waals surface area contributed by atoms with E-state index in [9.17, 15) is 23.1 Å². The number of halogens is 3. The van der Waals surface area contributed by atoms with Gasteiger partial charge in [0.05, 0.1) is 18.2 Å². The number of alkyl halides is 3. The number of nitrogens with zero attached hydrogens (tertiary/aromatic N) is 3. The number of H-pyrrole nitrogens is 1.